The number of H-pyrrole nitrogens is 1. The Morgan fingerprint density at radius 3 is 2.60 bits per heavy atom. The molecule has 0 radical (unpaired) electrons. The van der Waals surface area contributed by atoms with Crippen molar-refractivity contribution in [1.82, 2.24) is 9.97 Å². The van der Waals surface area contributed by atoms with Crippen molar-refractivity contribution in [3.05, 3.63) is 89.7 Å². The van der Waals surface area contributed by atoms with Gasteiger partial charge in [-0.2, -0.15) is 0 Å². The highest BCUT2D eigenvalue weighted by Crippen LogP contribution is 2.29. The molecule has 2 aromatic heterocycles. The number of aromatic nitrogens is 2. The lowest BCUT2D eigenvalue weighted by atomic mass is 10.2. The molecule has 4 rings (SSSR count). The van der Waals surface area contributed by atoms with Crippen molar-refractivity contribution in [2.45, 2.75) is 6.42 Å². The molecule has 0 atom stereocenters. The number of carbonyl (C=O) groups is 2. The van der Waals surface area contributed by atoms with Crippen LogP contribution in [0.15, 0.2) is 78.3 Å². The van der Waals surface area contributed by atoms with E-state index in [2.05, 4.69) is 9.97 Å². The summed E-state index contributed by atoms with van der Waals surface area (Å²) in [5.41, 5.74) is 1.91. The molecule has 0 amide bonds. The number of hydrogen-bond donors (Lipinski definition) is 1. The third kappa shape index (κ3) is 5.01. The van der Waals surface area contributed by atoms with Gasteiger partial charge in [0, 0.05) is 17.1 Å². The smallest absolute Gasteiger partial charge is 0.312 e. The van der Waals surface area contributed by atoms with Gasteiger partial charge in [-0.3, -0.25) is 9.59 Å². The average Bonchev–Trinajstić information content (AvgIpc) is 3.45. The molecule has 1 N–H and O–H groups in total. The van der Waals surface area contributed by atoms with Crippen molar-refractivity contribution in [1.29, 1.82) is 0 Å². The Kier molecular flexibility index (Phi) is 6.01. The molecule has 6 nitrogen and oxygen atoms in total. The summed E-state index contributed by atoms with van der Waals surface area (Å²) in [6.45, 7) is -0.296. The van der Waals surface area contributed by atoms with Crippen LogP contribution in [0.25, 0.3) is 10.6 Å². The molecule has 150 valence electrons. The lowest BCUT2D eigenvalue weighted by Gasteiger charge is -2.06. The quantitative estimate of drug-likeness (QED) is 0.325. The zero-order valence-corrected chi connectivity index (χ0v) is 16.7. The van der Waals surface area contributed by atoms with E-state index in [1.165, 1.54) is 11.3 Å². The van der Waals surface area contributed by atoms with E-state index in [0.717, 1.165) is 16.3 Å². The van der Waals surface area contributed by atoms with Gasteiger partial charge in [-0.15, -0.1) is 11.3 Å². The van der Waals surface area contributed by atoms with Crippen LogP contribution in [0.1, 0.15) is 16.2 Å². The van der Waals surface area contributed by atoms with Gasteiger partial charge in [-0.25, -0.2) is 4.98 Å². The number of ketones is 1. The molecular weight excluding hydrogens is 400 g/mol. The fourth-order valence-electron chi connectivity index (χ4n) is 2.76. The van der Waals surface area contributed by atoms with Crippen LogP contribution in [0.2, 0.25) is 0 Å². The lowest BCUT2D eigenvalue weighted by molar-refractivity contribution is -0.141. The maximum absolute atomic E-state index is 12.0. The number of hydrogen-bond acceptors (Lipinski definition) is 6. The summed E-state index contributed by atoms with van der Waals surface area (Å²) in [7, 11) is 0. The molecule has 0 saturated carbocycles. The standard InChI is InChI=1S/C23H18N2O4S/c26-21(20-10-5-11-24-20)14-28-22(27)13-17-15-30-23(25-17)16-6-4-9-19(12-16)29-18-7-2-1-3-8-18/h1-12,15,24H,13-14H2. The minimum atomic E-state index is -0.493. The Labute approximate surface area is 177 Å². The zero-order valence-electron chi connectivity index (χ0n) is 15.9. The number of para-hydroxylation sites is 1. The summed E-state index contributed by atoms with van der Waals surface area (Å²) < 4.78 is 10.9. The first kappa shape index (κ1) is 19.6. The van der Waals surface area contributed by atoms with E-state index in [4.69, 9.17) is 9.47 Å². The molecule has 4 aromatic rings. The van der Waals surface area contributed by atoms with Crippen LogP contribution >= 0.6 is 11.3 Å². The Morgan fingerprint density at radius 2 is 1.80 bits per heavy atom. The summed E-state index contributed by atoms with van der Waals surface area (Å²) in [5, 5.41) is 2.59. The van der Waals surface area contributed by atoms with Gasteiger partial charge in [0.1, 0.15) is 16.5 Å². The van der Waals surface area contributed by atoms with Crippen LogP contribution in [0.5, 0.6) is 11.5 Å². The molecule has 0 unspecified atom stereocenters. The number of nitrogens with zero attached hydrogens (tertiary/aromatic N) is 1. The highest BCUT2D eigenvalue weighted by Gasteiger charge is 2.14. The number of rotatable bonds is 8. The predicted octanol–water partition coefficient (Wildman–Crippen LogP) is 4.90. The number of nitrogens with one attached hydrogen (secondary N) is 1. The summed E-state index contributed by atoms with van der Waals surface area (Å²) in [5.74, 6) is 0.694. The SMILES string of the molecule is O=C(Cc1csc(-c2cccc(Oc3ccccc3)c2)n1)OCC(=O)c1ccc[nH]1. The molecule has 2 aromatic carbocycles. The van der Waals surface area contributed by atoms with E-state index in [-0.39, 0.29) is 18.8 Å². The summed E-state index contributed by atoms with van der Waals surface area (Å²) in [6, 6.07) is 20.5. The van der Waals surface area contributed by atoms with Gasteiger partial charge >= 0.3 is 5.97 Å². The van der Waals surface area contributed by atoms with Gasteiger partial charge in [-0.1, -0.05) is 30.3 Å². The molecule has 0 aliphatic carbocycles. The van der Waals surface area contributed by atoms with Crippen LogP contribution in [-0.4, -0.2) is 28.3 Å². The fourth-order valence-corrected chi connectivity index (χ4v) is 3.58. The Morgan fingerprint density at radius 1 is 0.967 bits per heavy atom. The lowest BCUT2D eigenvalue weighted by Crippen LogP contribution is -2.16. The summed E-state index contributed by atoms with van der Waals surface area (Å²) >= 11 is 1.44. The molecule has 0 aliphatic rings. The number of esters is 1. The Balaban J connectivity index is 1.36. The molecule has 0 spiro atoms. The topological polar surface area (TPSA) is 81.3 Å². The van der Waals surface area contributed by atoms with Gasteiger partial charge in [-0.05, 0) is 36.4 Å². The second-order valence-electron chi connectivity index (χ2n) is 6.43. The van der Waals surface area contributed by atoms with Gasteiger partial charge < -0.3 is 14.5 Å². The first-order valence-electron chi connectivity index (χ1n) is 9.27. The highest BCUT2D eigenvalue weighted by atomic mass is 32.1. The first-order chi connectivity index (χ1) is 14.7. The maximum Gasteiger partial charge on any atom is 0.312 e. The third-order valence-corrected chi connectivity index (χ3v) is 5.14. The Bertz CT molecular complexity index is 1140. The predicted molar refractivity (Wildman–Crippen MR) is 114 cm³/mol. The minimum Gasteiger partial charge on any atom is -0.457 e. The first-order valence-corrected chi connectivity index (χ1v) is 10.2. The summed E-state index contributed by atoms with van der Waals surface area (Å²) in [6.07, 6.45) is 1.65. The largest absolute Gasteiger partial charge is 0.457 e. The minimum absolute atomic E-state index is 0.00864. The second kappa shape index (κ2) is 9.19. The van der Waals surface area contributed by atoms with Crippen LogP contribution in [0.3, 0.4) is 0 Å². The van der Waals surface area contributed by atoms with Gasteiger partial charge in [0.05, 0.1) is 17.8 Å². The van der Waals surface area contributed by atoms with E-state index < -0.39 is 5.97 Å². The van der Waals surface area contributed by atoms with Gasteiger partial charge in [0.2, 0.25) is 5.78 Å². The Hall–Kier alpha value is -3.71. The highest BCUT2D eigenvalue weighted by molar-refractivity contribution is 7.13. The molecular formula is C23H18N2O4S. The van der Waals surface area contributed by atoms with E-state index >= 15 is 0 Å². The molecule has 0 fully saturated rings. The van der Waals surface area contributed by atoms with Crippen molar-refractivity contribution in [3.63, 3.8) is 0 Å². The number of benzene rings is 2. The molecule has 2 heterocycles. The third-order valence-electron chi connectivity index (χ3n) is 4.20. The van der Waals surface area contributed by atoms with Gasteiger partial charge in [0.25, 0.3) is 0 Å². The average molecular weight is 418 g/mol. The van der Waals surface area contributed by atoms with Crippen LogP contribution < -0.4 is 4.74 Å². The maximum atomic E-state index is 12.0. The second-order valence-corrected chi connectivity index (χ2v) is 7.29. The number of thiazole rings is 1. The van der Waals surface area contributed by atoms with Crippen molar-refractivity contribution in [2.24, 2.45) is 0 Å². The van der Waals surface area contributed by atoms with Crippen LogP contribution in [0.4, 0.5) is 0 Å². The van der Waals surface area contributed by atoms with E-state index in [1.807, 2.05) is 60.0 Å². The van der Waals surface area contributed by atoms with Crippen LogP contribution in [-0.2, 0) is 16.0 Å². The van der Waals surface area contributed by atoms with E-state index in [1.54, 1.807) is 18.3 Å². The van der Waals surface area contributed by atoms with Crippen molar-refractivity contribution >= 4 is 23.1 Å². The fraction of sp³-hybridized carbons (Fsp3) is 0.0870. The van der Waals surface area contributed by atoms with Crippen LogP contribution in [0, 0.1) is 0 Å². The monoisotopic (exact) mass is 418 g/mol. The summed E-state index contributed by atoms with van der Waals surface area (Å²) in [4.78, 5) is 31.2. The molecule has 0 aliphatic heterocycles. The van der Waals surface area contributed by atoms with Crippen molar-refractivity contribution in [3.8, 4) is 22.1 Å². The number of carbonyl (C=O) groups excluding carboxylic acids is 2. The number of Topliss-reactive ketones (excluding diaryl/α,β-unsaturated/α-hetero) is 1. The molecule has 0 bridgehead atoms. The molecule has 7 heteroatoms. The number of ether oxygens (including phenoxy) is 2. The van der Waals surface area contributed by atoms with E-state index in [9.17, 15) is 9.59 Å². The molecule has 30 heavy (non-hydrogen) atoms. The number of aromatic amines is 1. The normalized spacial score (nSPS) is 10.5. The van der Waals surface area contributed by atoms with E-state index in [0.29, 0.717) is 17.1 Å². The van der Waals surface area contributed by atoms with Crippen molar-refractivity contribution in [2.75, 3.05) is 6.61 Å². The van der Waals surface area contributed by atoms with Gasteiger partial charge in [0.15, 0.2) is 6.61 Å². The zero-order chi connectivity index (χ0) is 20.8. The van der Waals surface area contributed by atoms with Crippen molar-refractivity contribution < 1.29 is 19.1 Å². The molecule has 0 saturated heterocycles.